The molecule has 0 saturated heterocycles. The molecule has 0 amide bonds. The van der Waals surface area contributed by atoms with E-state index in [-0.39, 0.29) is 0 Å². The highest BCUT2D eigenvalue weighted by Crippen LogP contribution is 2.27. The molecule has 2 rings (SSSR count). The molecule has 17 heavy (non-hydrogen) atoms. The molecular formula is C12H16ClN3O. The van der Waals surface area contributed by atoms with Crippen molar-refractivity contribution in [3.8, 4) is 0 Å². The van der Waals surface area contributed by atoms with Crippen molar-refractivity contribution >= 4 is 22.6 Å². The second-order valence-electron chi connectivity index (χ2n) is 3.91. The Hall–Kier alpha value is -1.10. The number of imidazole rings is 1. The zero-order valence-corrected chi connectivity index (χ0v) is 10.5. The van der Waals surface area contributed by atoms with Crippen LogP contribution in [0.25, 0.3) is 11.0 Å². The third-order valence-electron chi connectivity index (χ3n) is 2.80. The Balaban J connectivity index is 2.60. The van der Waals surface area contributed by atoms with E-state index in [1.807, 2.05) is 29.7 Å². The Morgan fingerprint density at radius 3 is 2.94 bits per heavy atom. The van der Waals surface area contributed by atoms with Crippen LogP contribution in [0, 0.1) is 0 Å². The Labute approximate surface area is 105 Å². The van der Waals surface area contributed by atoms with Crippen LogP contribution in [0.5, 0.6) is 0 Å². The third-order valence-corrected chi connectivity index (χ3v) is 3.11. The average Bonchev–Trinajstić information content (AvgIpc) is 2.69. The number of hydrogen-bond acceptors (Lipinski definition) is 3. The highest BCUT2D eigenvalue weighted by atomic mass is 35.5. The second-order valence-corrected chi connectivity index (χ2v) is 4.32. The van der Waals surface area contributed by atoms with Crippen LogP contribution in [0.2, 0.25) is 5.02 Å². The van der Waals surface area contributed by atoms with Crippen molar-refractivity contribution < 1.29 is 5.11 Å². The molecule has 0 aliphatic heterocycles. The lowest BCUT2D eigenvalue weighted by Crippen LogP contribution is -2.12. The lowest BCUT2D eigenvalue weighted by atomic mass is 10.2. The Bertz CT molecular complexity index is 524. The summed E-state index contributed by atoms with van der Waals surface area (Å²) in [6.45, 7) is 3.15. The zero-order valence-electron chi connectivity index (χ0n) is 9.73. The molecule has 0 aliphatic rings. The molecule has 2 aromatic rings. The molecule has 4 nitrogen and oxygen atoms in total. The summed E-state index contributed by atoms with van der Waals surface area (Å²) in [4.78, 5) is 4.44. The second kappa shape index (κ2) is 5.04. The van der Waals surface area contributed by atoms with Gasteiger partial charge in [-0.15, -0.1) is 0 Å². The summed E-state index contributed by atoms with van der Waals surface area (Å²) in [7, 11) is 0. The first-order valence-corrected chi connectivity index (χ1v) is 6.09. The number of aliphatic hydroxyl groups is 1. The fourth-order valence-electron chi connectivity index (χ4n) is 2.02. The summed E-state index contributed by atoms with van der Waals surface area (Å²) in [6.07, 6.45) is -0.135. The maximum Gasteiger partial charge on any atom is 0.138 e. The molecule has 0 aliphatic carbocycles. The lowest BCUT2D eigenvalue weighted by molar-refractivity contribution is 0.156. The summed E-state index contributed by atoms with van der Waals surface area (Å²) in [5.41, 5.74) is 7.15. The molecule has 1 aromatic heterocycles. The number of fused-ring (bicyclic) bond motifs is 1. The van der Waals surface area contributed by atoms with Crippen molar-refractivity contribution in [2.24, 2.45) is 5.73 Å². The number of aliphatic hydroxyl groups excluding tert-OH is 1. The van der Waals surface area contributed by atoms with E-state index in [9.17, 15) is 5.11 Å². The molecule has 0 fully saturated rings. The van der Waals surface area contributed by atoms with Gasteiger partial charge in [-0.3, -0.25) is 0 Å². The van der Waals surface area contributed by atoms with E-state index < -0.39 is 6.10 Å². The van der Waals surface area contributed by atoms with Crippen molar-refractivity contribution in [1.29, 1.82) is 0 Å². The van der Waals surface area contributed by atoms with Gasteiger partial charge in [0.05, 0.1) is 16.1 Å². The number of aryl methyl sites for hydroxylation is 1. The lowest BCUT2D eigenvalue weighted by Gasteiger charge is -2.11. The minimum absolute atomic E-state index is 0.432. The van der Waals surface area contributed by atoms with Crippen LogP contribution in [0.15, 0.2) is 18.2 Å². The summed E-state index contributed by atoms with van der Waals surface area (Å²) in [6, 6.07) is 5.58. The number of hydrogen-bond donors (Lipinski definition) is 2. The first-order chi connectivity index (χ1) is 8.19. The van der Waals surface area contributed by atoms with E-state index in [0.717, 1.165) is 17.6 Å². The molecule has 0 saturated carbocycles. The molecule has 1 unspecified atom stereocenters. The summed E-state index contributed by atoms with van der Waals surface area (Å²) in [5.74, 6) is 0.640. The fourth-order valence-corrected chi connectivity index (χ4v) is 2.29. The van der Waals surface area contributed by atoms with Gasteiger partial charge in [0.2, 0.25) is 0 Å². The highest BCUT2D eigenvalue weighted by molar-refractivity contribution is 6.35. The third kappa shape index (κ3) is 2.16. The van der Waals surface area contributed by atoms with Gasteiger partial charge < -0.3 is 15.4 Å². The standard InChI is InChI=1S/C12H16ClN3O/c1-2-16-11-8(13)4-3-5-9(11)15-12(16)10(17)6-7-14/h3-5,10,17H,2,6-7,14H2,1H3. The van der Waals surface area contributed by atoms with Gasteiger partial charge in [0.15, 0.2) is 0 Å². The summed E-state index contributed by atoms with van der Waals surface area (Å²) in [5, 5.41) is 10.7. The van der Waals surface area contributed by atoms with Gasteiger partial charge in [-0.25, -0.2) is 4.98 Å². The Kier molecular flexibility index (Phi) is 3.66. The van der Waals surface area contributed by atoms with Crippen molar-refractivity contribution in [2.45, 2.75) is 26.0 Å². The quantitative estimate of drug-likeness (QED) is 0.877. The molecule has 1 heterocycles. The Morgan fingerprint density at radius 1 is 1.53 bits per heavy atom. The van der Waals surface area contributed by atoms with Gasteiger partial charge in [0.25, 0.3) is 0 Å². The fraction of sp³-hybridized carbons (Fsp3) is 0.417. The van der Waals surface area contributed by atoms with Crippen molar-refractivity contribution in [3.63, 3.8) is 0 Å². The molecule has 5 heteroatoms. The van der Waals surface area contributed by atoms with Crippen LogP contribution in [-0.2, 0) is 6.54 Å². The molecular weight excluding hydrogens is 238 g/mol. The van der Waals surface area contributed by atoms with Crippen molar-refractivity contribution in [3.05, 3.63) is 29.0 Å². The van der Waals surface area contributed by atoms with Crippen LogP contribution >= 0.6 is 11.6 Å². The average molecular weight is 254 g/mol. The predicted octanol–water partition coefficient (Wildman–Crippen LogP) is 2.09. The van der Waals surface area contributed by atoms with Crippen LogP contribution in [0.4, 0.5) is 0 Å². The molecule has 0 bridgehead atoms. The molecule has 1 atom stereocenters. The molecule has 3 N–H and O–H groups in total. The molecule has 0 spiro atoms. The predicted molar refractivity (Wildman–Crippen MR) is 69.0 cm³/mol. The van der Waals surface area contributed by atoms with E-state index >= 15 is 0 Å². The number of aromatic nitrogens is 2. The van der Waals surface area contributed by atoms with E-state index in [4.69, 9.17) is 17.3 Å². The first-order valence-electron chi connectivity index (χ1n) is 5.71. The van der Waals surface area contributed by atoms with Gasteiger partial charge in [0.1, 0.15) is 11.9 Å². The minimum atomic E-state index is -0.636. The number of rotatable bonds is 4. The monoisotopic (exact) mass is 253 g/mol. The van der Waals surface area contributed by atoms with Crippen LogP contribution in [0.3, 0.4) is 0 Å². The first kappa shape index (κ1) is 12.4. The van der Waals surface area contributed by atoms with E-state index in [0.29, 0.717) is 23.8 Å². The molecule has 1 aromatic carbocycles. The maximum atomic E-state index is 10.0. The van der Waals surface area contributed by atoms with Gasteiger partial charge in [-0.2, -0.15) is 0 Å². The van der Waals surface area contributed by atoms with Crippen LogP contribution < -0.4 is 5.73 Å². The van der Waals surface area contributed by atoms with E-state index in [1.54, 1.807) is 0 Å². The number of para-hydroxylation sites is 1. The summed E-state index contributed by atoms with van der Waals surface area (Å²) >= 11 is 6.17. The zero-order chi connectivity index (χ0) is 12.4. The van der Waals surface area contributed by atoms with Gasteiger partial charge >= 0.3 is 0 Å². The van der Waals surface area contributed by atoms with Crippen molar-refractivity contribution in [2.75, 3.05) is 6.54 Å². The van der Waals surface area contributed by atoms with Crippen molar-refractivity contribution in [1.82, 2.24) is 9.55 Å². The maximum absolute atomic E-state index is 10.0. The number of nitrogens with two attached hydrogens (primary N) is 1. The molecule has 92 valence electrons. The van der Waals surface area contributed by atoms with Gasteiger partial charge in [0, 0.05) is 6.54 Å². The number of benzene rings is 1. The SMILES string of the molecule is CCn1c(C(O)CCN)nc2cccc(Cl)c21. The minimum Gasteiger partial charge on any atom is -0.385 e. The number of halogens is 1. The van der Waals surface area contributed by atoms with E-state index in [2.05, 4.69) is 4.98 Å². The number of nitrogens with zero attached hydrogens (tertiary/aromatic N) is 2. The topological polar surface area (TPSA) is 64.1 Å². The van der Waals surface area contributed by atoms with Crippen LogP contribution in [-0.4, -0.2) is 21.2 Å². The smallest absolute Gasteiger partial charge is 0.138 e. The van der Waals surface area contributed by atoms with Gasteiger partial charge in [-0.05, 0) is 32.0 Å². The normalized spacial score (nSPS) is 13.2. The van der Waals surface area contributed by atoms with E-state index in [1.165, 1.54) is 0 Å². The Morgan fingerprint density at radius 2 is 2.29 bits per heavy atom. The van der Waals surface area contributed by atoms with Crippen LogP contribution in [0.1, 0.15) is 25.3 Å². The van der Waals surface area contributed by atoms with Gasteiger partial charge in [-0.1, -0.05) is 17.7 Å². The summed E-state index contributed by atoms with van der Waals surface area (Å²) < 4.78 is 1.94. The molecule has 0 radical (unpaired) electrons. The largest absolute Gasteiger partial charge is 0.385 e. The highest BCUT2D eigenvalue weighted by Gasteiger charge is 2.17.